The van der Waals surface area contributed by atoms with Gasteiger partial charge in [0, 0.05) is 16.6 Å². The Balaban J connectivity index is 2.16. The Kier molecular flexibility index (Phi) is 4.54. The van der Waals surface area contributed by atoms with Gasteiger partial charge in [-0.25, -0.2) is 0 Å². The number of fused-ring (bicyclic) bond motifs is 1. The fraction of sp³-hybridized carbons (Fsp3) is 0.280. The van der Waals surface area contributed by atoms with E-state index in [1.807, 2.05) is 25.1 Å². The zero-order valence-electron chi connectivity index (χ0n) is 16.7. The standard InChI is InChI=1S/C25H25NO2/c1-5-25(11-8-12-28-24(25)27)23-18(4)26-21-10-7-6-9-20(21)22(23)19-14-16(2)13-17(3)15-19/h5-7,9-10,13-15H,1,8,11-12H2,2-4H3. The molecule has 1 saturated heterocycles. The van der Waals surface area contributed by atoms with Crippen molar-refractivity contribution in [1.29, 1.82) is 0 Å². The third-order valence-corrected chi connectivity index (χ3v) is 5.69. The second-order valence-electron chi connectivity index (χ2n) is 7.76. The first-order valence-electron chi connectivity index (χ1n) is 9.75. The Morgan fingerprint density at radius 2 is 1.82 bits per heavy atom. The first-order chi connectivity index (χ1) is 13.5. The van der Waals surface area contributed by atoms with Crippen LogP contribution in [0.3, 0.4) is 0 Å². The number of cyclic esters (lactones) is 1. The lowest BCUT2D eigenvalue weighted by Gasteiger charge is -2.35. The van der Waals surface area contributed by atoms with Crippen LogP contribution in [0.1, 0.15) is 35.2 Å². The second kappa shape index (κ2) is 6.90. The summed E-state index contributed by atoms with van der Waals surface area (Å²) in [6, 6.07) is 14.7. The summed E-state index contributed by atoms with van der Waals surface area (Å²) in [5.41, 5.74) is 6.40. The smallest absolute Gasteiger partial charge is 0.320 e. The Labute approximate surface area is 166 Å². The molecule has 1 aliphatic rings. The maximum absolute atomic E-state index is 13.0. The number of nitrogens with zero attached hydrogens (tertiary/aromatic N) is 1. The van der Waals surface area contributed by atoms with Crippen LogP contribution in [-0.2, 0) is 14.9 Å². The molecule has 1 atom stereocenters. The third-order valence-electron chi connectivity index (χ3n) is 5.69. The fourth-order valence-corrected chi connectivity index (χ4v) is 4.56. The van der Waals surface area contributed by atoms with E-state index in [-0.39, 0.29) is 5.97 Å². The van der Waals surface area contributed by atoms with Crippen LogP contribution in [0.25, 0.3) is 22.0 Å². The topological polar surface area (TPSA) is 39.2 Å². The number of esters is 1. The average molecular weight is 371 g/mol. The highest BCUT2D eigenvalue weighted by molar-refractivity contribution is 6.01. The van der Waals surface area contributed by atoms with Crippen LogP contribution >= 0.6 is 0 Å². The number of hydrogen-bond acceptors (Lipinski definition) is 3. The summed E-state index contributed by atoms with van der Waals surface area (Å²) in [5, 5.41) is 1.05. The van der Waals surface area contributed by atoms with Gasteiger partial charge in [-0.05, 0) is 50.8 Å². The quantitative estimate of drug-likeness (QED) is 0.445. The van der Waals surface area contributed by atoms with Crippen LogP contribution < -0.4 is 0 Å². The number of rotatable bonds is 3. The number of ether oxygens (including phenoxy) is 1. The zero-order chi connectivity index (χ0) is 19.9. The molecule has 142 valence electrons. The number of aryl methyl sites for hydroxylation is 3. The summed E-state index contributed by atoms with van der Waals surface area (Å²) in [5.74, 6) is -0.223. The van der Waals surface area contributed by atoms with Gasteiger partial charge in [0.25, 0.3) is 0 Å². The minimum absolute atomic E-state index is 0.223. The van der Waals surface area contributed by atoms with E-state index in [9.17, 15) is 4.79 Å². The van der Waals surface area contributed by atoms with E-state index in [1.54, 1.807) is 6.08 Å². The molecule has 1 fully saturated rings. The summed E-state index contributed by atoms with van der Waals surface area (Å²) in [7, 11) is 0. The van der Waals surface area contributed by atoms with Gasteiger partial charge in [-0.1, -0.05) is 53.6 Å². The van der Waals surface area contributed by atoms with Gasteiger partial charge in [0.05, 0.1) is 12.1 Å². The number of carbonyl (C=O) groups is 1. The first-order valence-corrected chi connectivity index (χ1v) is 9.75. The van der Waals surface area contributed by atoms with Crippen molar-refractivity contribution in [3.63, 3.8) is 0 Å². The van der Waals surface area contributed by atoms with Crippen LogP contribution in [0.5, 0.6) is 0 Å². The largest absolute Gasteiger partial charge is 0.465 e. The monoisotopic (exact) mass is 371 g/mol. The molecule has 3 nitrogen and oxygen atoms in total. The summed E-state index contributed by atoms with van der Waals surface area (Å²) in [6.07, 6.45) is 3.27. The van der Waals surface area contributed by atoms with Gasteiger partial charge in [-0.3, -0.25) is 9.78 Å². The predicted molar refractivity (Wildman–Crippen MR) is 113 cm³/mol. The van der Waals surface area contributed by atoms with Crippen molar-refractivity contribution in [3.8, 4) is 11.1 Å². The molecule has 0 aliphatic carbocycles. The first kappa shape index (κ1) is 18.4. The van der Waals surface area contributed by atoms with E-state index in [1.165, 1.54) is 11.1 Å². The van der Waals surface area contributed by atoms with E-state index in [4.69, 9.17) is 9.72 Å². The molecule has 28 heavy (non-hydrogen) atoms. The molecule has 0 spiro atoms. The Bertz CT molecular complexity index is 1080. The minimum atomic E-state index is -0.869. The molecule has 1 aromatic heterocycles. The minimum Gasteiger partial charge on any atom is -0.465 e. The van der Waals surface area contributed by atoms with Gasteiger partial charge in [0.1, 0.15) is 5.41 Å². The van der Waals surface area contributed by atoms with Crippen molar-refractivity contribution in [2.75, 3.05) is 6.61 Å². The van der Waals surface area contributed by atoms with Crippen molar-refractivity contribution in [3.05, 3.63) is 77.5 Å². The fourth-order valence-electron chi connectivity index (χ4n) is 4.56. The maximum Gasteiger partial charge on any atom is 0.320 e. The van der Waals surface area contributed by atoms with Crippen LogP contribution in [0, 0.1) is 20.8 Å². The summed E-state index contributed by atoms with van der Waals surface area (Å²) >= 11 is 0. The number of aromatic nitrogens is 1. The van der Waals surface area contributed by atoms with Gasteiger partial charge >= 0.3 is 5.97 Å². The molecule has 2 heterocycles. The van der Waals surface area contributed by atoms with Gasteiger partial charge in [-0.15, -0.1) is 6.58 Å². The molecular weight excluding hydrogens is 346 g/mol. The van der Waals surface area contributed by atoms with Gasteiger partial charge in [0.2, 0.25) is 0 Å². The van der Waals surface area contributed by atoms with Crippen molar-refractivity contribution in [2.45, 2.75) is 39.0 Å². The zero-order valence-corrected chi connectivity index (χ0v) is 16.7. The van der Waals surface area contributed by atoms with Crippen LogP contribution in [-0.4, -0.2) is 17.6 Å². The molecule has 3 aromatic rings. The van der Waals surface area contributed by atoms with Crippen molar-refractivity contribution in [2.24, 2.45) is 0 Å². The van der Waals surface area contributed by atoms with Crippen molar-refractivity contribution < 1.29 is 9.53 Å². The lowest BCUT2D eigenvalue weighted by atomic mass is 9.71. The number of carbonyl (C=O) groups excluding carboxylic acids is 1. The van der Waals surface area contributed by atoms with Gasteiger partial charge in [0.15, 0.2) is 0 Å². The lowest BCUT2D eigenvalue weighted by Crippen LogP contribution is -2.40. The van der Waals surface area contributed by atoms with E-state index < -0.39 is 5.41 Å². The molecule has 0 amide bonds. The molecule has 0 bridgehead atoms. The number of hydrogen-bond donors (Lipinski definition) is 0. The van der Waals surface area contributed by atoms with E-state index >= 15 is 0 Å². The van der Waals surface area contributed by atoms with Crippen molar-refractivity contribution >= 4 is 16.9 Å². The highest BCUT2D eigenvalue weighted by Gasteiger charge is 2.44. The van der Waals surface area contributed by atoms with Crippen molar-refractivity contribution in [1.82, 2.24) is 4.98 Å². The third kappa shape index (κ3) is 2.82. The number of benzene rings is 2. The highest BCUT2D eigenvalue weighted by atomic mass is 16.5. The average Bonchev–Trinajstić information content (AvgIpc) is 2.67. The summed E-state index contributed by atoms with van der Waals surface area (Å²) in [6.45, 7) is 10.7. The lowest BCUT2D eigenvalue weighted by molar-refractivity contribution is -0.153. The summed E-state index contributed by atoms with van der Waals surface area (Å²) in [4.78, 5) is 17.9. The Hall–Kier alpha value is -2.94. The van der Waals surface area contributed by atoms with E-state index in [0.717, 1.165) is 39.7 Å². The molecule has 1 aliphatic heterocycles. The van der Waals surface area contributed by atoms with Gasteiger partial charge in [-0.2, -0.15) is 0 Å². The normalized spacial score (nSPS) is 19.5. The second-order valence-corrected chi connectivity index (χ2v) is 7.76. The summed E-state index contributed by atoms with van der Waals surface area (Å²) < 4.78 is 5.51. The van der Waals surface area contributed by atoms with Crippen LogP contribution in [0.15, 0.2) is 55.1 Å². The molecule has 4 rings (SSSR count). The molecule has 0 N–H and O–H groups in total. The number of pyridine rings is 1. The van der Waals surface area contributed by atoms with Crippen LogP contribution in [0.4, 0.5) is 0 Å². The Morgan fingerprint density at radius 1 is 1.11 bits per heavy atom. The molecule has 3 heteroatoms. The maximum atomic E-state index is 13.0. The van der Waals surface area contributed by atoms with E-state index in [0.29, 0.717) is 13.0 Å². The SMILES string of the molecule is C=CC1(c2c(C)nc3ccccc3c2-c2cc(C)cc(C)c2)CCCOC1=O. The Morgan fingerprint density at radius 3 is 2.50 bits per heavy atom. The molecule has 2 aromatic carbocycles. The molecular formula is C25H25NO2. The van der Waals surface area contributed by atoms with E-state index in [2.05, 4.69) is 44.7 Å². The predicted octanol–water partition coefficient (Wildman–Crippen LogP) is 5.59. The molecule has 0 saturated carbocycles. The highest BCUT2D eigenvalue weighted by Crippen LogP contribution is 2.45. The van der Waals surface area contributed by atoms with Gasteiger partial charge < -0.3 is 4.74 Å². The molecule has 1 unspecified atom stereocenters. The van der Waals surface area contributed by atoms with Crippen LogP contribution in [0.2, 0.25) is 0 Å². The molecule has 0 radical (unpaired) electrons. The number of para-hydroxylation sites is 1.